The number of fused-ring (bicyclic) bond motifs is 1. The average molecular weight is 375 g/mol. The van der Waals surface area contributed by atoms with Gasteiger partial charge in [0.1, 0.15) is 11.5 Å². The lowest BCUT2D eigenvalue weighted by molar-refractivity contribution is 0.397. The van der Waals surface area contributed by atoms with Crippen LogP contribution in [0.15, 0.2) is 36.7 Å². The van der Waals surface area contributed by atoms with Crippen LogP contribution >= 0.6 is 0 Å². The molecule has 0 bridgehead atoms. The zero-order valence-corrected chi connectivity index (χ0v) is 16.5. The van der Waals surface area contributed by atoms with Gasteiger partial charge in [0.2, 0.25) is 0 Å². The van der Waals surface area contributed by atoms with Gasteiger partial charge in [-0.25, -0.2) is 4.98 Å². The van der Waals surface area contributed by atoms with E-state index in [1.807, 2.05) is 49.8 Å². The molecule has 3 aromatic heterocycles. The largest absolute Gasteiger partial charge is 0.496 e. The second kappa shape index (κ2) is 6.92. The summed E-state index contributed by atoms with van der Waals surface area (Å²) in [4.78, 5) is 13.8. The van der Waals surface area contributed by atoms with Crippen molar-refractivity contribution in [1.29, 1.82) is 0 Å². The van der Waals surface area contributed by atoms with Gasteiger partial charge in [-0.2, -0.15) is 5.10 Å². The molecule has 0 radical (unpaired) electrons. The Hall–Kier alpha value is -3.48. The van der Waals surface area contributed by atoms with Crippen LogP contribution in [-0.4, -0.2) is 39.0 Å². The van der Waals surface area contributed by atoms with E-state index < -0.39 is 0 Å². The van der Waals surface area contributed by atoms with Gasteiger partial charge in [0.05, 0.1) is 48.4 Å². The molecular formula is C21H21N5O2. The van der Waals surface area contributed by atoms with Crippen LogP contribution in [0.1, 0.15) is 11.4 Å². The quantitative estimate of drug-likeness (QED) is 0.541. The number of aryl methyl sites for hydroxylation is 3. The molecule has 4 aromatic rings. The molecule has 0 unspecified atom stereocenters. The van der Waals surface area contributed by atoms with Gasteiger partial charge in [-0.05, 0) is 32.0 Å². The number of nitrogens with zero attached hydrogens (tertiary/aromatic N) is 5. The summed E-state index contributed by atoms with van der Waals surface area (Å²) in [5.41, 5.74) is 5.69. The molecule has 28 heavy (non-hydrogen) atoms. The number of aromatic nitrogens is 5. The fourth-order valence-corrected chi connectivity index (χ4v) is 3.30. The predicted molar refractivity (Wildman–Crippen MR) is 108 cm³/mol. The van der Waals surface area contributed by atoms with E-state index in [-0.39, 0.29) is 0 Å². The highest BCUT2D eigenvalue weighted by Gasteiger charge is 2.20. The third-order valence-corrected chi connectivity index (χ3v) is 4.83. The Kier molecular flexibility index (Phi) is 4.43. The van der Waals surface area contributed by atoms with E-state index >= 15 is 0 Å². The minimum Gasteiger partial charge on any atom is -0.496 e. The summed E-state index contributed by atoms with van der Waals surface area (Å²) >= 11 is 0. The lowest BCUT2D eigenvalue weighted by atomic mass is 10.0. The fraction of sp³-hybridized carbons (Fsp3) is 0.238. The van der Waals surface area contributed by atoms with Gasteiger partial charge in [-0.3, -0.25) is 14.6 Å². The van der Waals surface area contributed by atoms with Crippen molar-refractivity contribution in [3.63, 3.8) is 0 Å². The first-order chi connectivity index (χ1) is 13.5. The first kappa shape index (κ1) is 17.9. The Bertz CT molecular complexity index is 1140. The molecule has 0 N–H and O–H groups in total. The highest BCUT2D eigenvalue weighted by molar-refractivity contribution is 5.96. The van der Waals surface area contributed by atoms with Crippen molar-refractivity contribution in [3.05, 3.63) is 48.0 Å². The van der Waals surface area contributed by atoms with Crippen molar-refractivity contribution in [2.45, 2.75) is 13.8 Å². The molecule has 0 saturated heterocycles. The molecule has 0 atom stereocenters. The van der Waals surface area contributed by atoms with Crippen molar-refractivity contribution in [2.75, 3.05) is 14.2 Å². The van der Waals surface area contributed by atoms with Crippen LogP contribution in [0.3, 0.4) is 0 Å². The maximum atomic E-state index is 5.57. The topological polar surface area (TPSA) is 75.0 Å². The first-order valence-electron chi connectivity index (χ1n) is 8.88. The second-order valence-electron chi connectivity index (χ2n) is 6.54. The van der Waals surface area contributed by atoms with E-state index in [0.717, 1.165) is 33.6 Å². The molecule has 0 fully saturated rings. The van der Waals surface area contributed by atoms with Crippen LogP contribution in [0.5, 0.6) is 11.5 Å². The molecule has 142 valence electrons. The summed E-state index contributed by atoms with van der Waals surface area (Å²) in [5, 5.41) is 5.55. The third kappa shape index (κ3) is 2.85. The van der Waals surface area contributed by atoms with Crippen LogP contribution in [0, 0.1) is 13.8 Å². The number of pyridine rings is 1. The number of rotatable bonds is 4. The SMILES string of the molecule is COc1cccc(OC)c1-c1cc(-c2cnc(C)cn2)c2c(C)n(C)nc2n1. The lowest BCUT2D eigenvalue weighted by Gasteiger charge is -2.14. The molecule has 0 spiro atoms. The summed E-state index contributed by atoms with van der Waals surface area (Å²) in [6.07, 6.45) is 3.54. The monoisotopic (exact) mass is 375 g/mol. The van der Waals surface area contributed by atoms with E-state index in [2.05, 4.69) is 15.1 Å². The second-order valence-corrected chi connectivity index (χ2v) is 6.54. The normalized spacial score (nSPS) is 11.0. The van der Waals surface area contributed by atoms with Crippen LogP contribution in [0.25, 0.3) is 33.5 Å². The molecule has 0 saturated carbocycles. The highest BCUT2D eigenvalue weighted by atomic mass is 16.5. The first-order valence-corrected chi connectivity index (χ1v) is 8.88. The van der Waals surface area contributed by atoms with Gasteiger partial charge in [0.15, 0.2) is 5.65 Å². The smallest absolute Gasteiger partial charge is 0.182 e. The Morgan fingerprint density at radius 2 is 1.64 bits per heavy atom. The standard InChI is InChI=1S/C21H21N5O2/c1-12-10-23-16(11-22-12)14-9-15(24-21-19(14)13(2)26(3)25-21)20-17(27-4)7-6-8-18(20)28-5/h6-11H,1-5H3. The molecule has 7 nitrogen and oxygen atoms in total. The van der Waals surface area contributed by atoms with E-state index in [4.69, 9.17) is 14.5 Å². The molecule has 0 aliphatic carbocycles. The summed E-state index contributed by atoms with van der Waals surface area (Å²) in [5.74, 6) is 1.36. The van der Waals surface area contributed by atoms with Crippen LogP contribution in [-0.2, 0) is 7.05 Å². The Morgan fingerprint density at radius 1 is 0.929 bits per heavy atom. The predicted octanol–water partition coefficient (Wildman–Crippen LogP) is 3.73. The van der Waals surface area contributed by atoms with Gasteiger partial charge < -0.3 is 9.47 Å². The van der Waals surface area contributed by atoms with Crippen molar-refractivity contribution in [2.24, 2.45) is 7.05 Å². The van der Waals surface area contributed by atoms with E-state index in [1.54, 1.807) is 26.6 Å². The fourth-order valence-electron chi connectivity index (χ4n) is 3.30. The van der Waals surface area contributed by atoms with Crippen molar-refractivity contribution in [3.8, 4) is 34.0 Å². The summed E-state index contributed by atoms with van der Waals surface area (Å²) < 4.78 is 13.0. The Balaban J connectivity index is 2.07. The molecule has 3 heterocycles. The van der Waals surface area contributed by atoms with Crippen molar-refractivity contribution < 1.29 is 9.47 Å². The molecule has 0 aliphatic rings. The zero-order valence-electron chi connectivity index (χ0n) is 16.5. The summed E-state index contributed by atoms with van der Waals surface area (Å²) in [6.45, 7) is 3.94. The molecule has 4 rings (SSSR count). The van der Waals surface area contributed by atoms with Gasteiger partial charge in [-0.1, -0.05) is 6.07 Å². The Morgan fingerprint density at radius 3 is 2.25 bits per heavy atom. The van der Waals surface area contributed by atoms with E-state index in [9.17, 15) is 0 Å². The van der Waals surface area contributed by atoms with Crippen LogP contribution in [0.2, 0.25) is 0 Å². The molecular weight excluding hydrogens is 354 g/mol. The maximum Gasteiger partial charge on any atom is 0.182 e. The van der Waals surface area contributed by atoms with Crippen molar-refractivity contribution >= 4 is 11.0 Å². The van der Waals surface area contributed by atoms with Gasteiger partial charge in [0, 0.05) is 24.5 Å². The molecule has 7 heteroatoms. The number of hydrogen-bond donors (Lipinski definition) is 0. The zero-order chi connectivity index (χ0) is 19.8. The van der Waals surface area contributed by atoms with E-state index in [1.165, 1.54) is 0 Å². The number of ether oxygens (including phenoxy) is 2. The van der Waals surface area contributed by atoms with Crippen molar-refractivity contribution in [1.82, 2.24) is 24.7 Å². The highest BCUT2D eigenvalue weighted by Crippen LogP contribution is 2.40. The third-order valence-electron chi connectivity index (χ3n) is 4.83. The molecule has 0 amide bonds. The van der Waals surface area contributed by atoms with Crippen LogP contribution < -0.4 is 9.47 Å². The molecule has 1 aromatic carbocycles. The summed E-state index contributed by atoms with van der Waals surface area (Å²) in [7, 11) is 5.17. The number of benzene rings is 1. The lowest BCUT2D eigenvalue weighted by Crippen LogP contribution is -1.97. The number of hydrogen-bond acceptors (Lipinski definition) is 6. The minimum absolute atomic E-state index is 0.642. The molecule has 0 aliphatic heterocycles. The minimum atomic E-state index is 0.642. The van der Waals surface area contributed by atoms with Gasteiger partial charge >= 0.3 is 0 Å². The maximum absolute atomic E-state index is 5.57. The van der Waals surface area contributed by atoms with Gasteiger partial charge in [-0.15, -0.1) is 0 Å². The van der Waals surface area contributed by atoms with Crippen LogP contribution in [0.4, 0.5) is 0 Å². The van der Waals surface area contributed by atoms with E-state index in [0.29, 0.717) is 22.8 Å². The summed E-state index contributed by atoms with van der Waals surface area (Å²) in [6, 6.07) is 7.66. The number of methoxy groups -OCH3 is 2. The van der Waals surface area contributed by atoms with Gasteiger partial charge in [0.25, 0.3) is 0 Å². The average Bonchev–Trinajstić information content (AvgIpc) is 3.01. The Labute approximate surface area is 163 Å².